The molecule has 0 unspecified atom stereocenters. The number of benzene rings is 1. The van der Waals surface area contributed by atoms with Crippen molar-refractivity contribution in [2.45, 2.75) is 11.3 Å². The second-order valence-corrected chi connectivity index (χ2v) is 8.56. The smallest absolute Gasteiger partial charge is 0.277 e. The normalized spacial score (nSPS) is 12.0. The van der Waals surface area contributed by atoms with Crippen LogP contribution in [0.25, 0.3) is 10.8 Å². The third-order valence-corrected chi connectivity index (χ3v) is 6.42. The Morgan fingerprint density at radius 3 is 2.61 bits per heavy atom. The predicted molar refractivity (Wildman–Crippen MR) is 109 cm³/mol. The van der Waals surface area contributed by atoms with Crippen molar-refractivity contribution in [2.24, 2.45) is 0 Å². The van der Waals surface area contributed by atoms with Crippen LogP contribution in [0.15, 0.2) is 68.9 Å². The van der Waals surface area contributed by atoms with Crippen LogP contribution in [0.1, 0.15) is 16.5 Å². The Hall–Kier alpha value is -2.49. The molecule has 1 atom stereocenters. The maximum absolute atomic E-state index is 13.3. The number of amides is 1. The molecule has 1 aromatic carbocycles. The van der Waals surface area contributed by atoms with Crippen molar-refractivity contribution in [3.63, 3.8) is 0 Å². The molecular weight excluding hydrogens is 417 g/mol. The lowest BCUT2D eigenvalue weighted by Gasteiger charge is -2.18. The van der Waals surface area contributed by atoms with Crippen LogP contribution in [0.2, 0.25) is 0 Å². The van der Waals surface area contributed by atoms with E-state index in [4.69, 9.17) is 4.42 Å². The predicted octanol–water partition coefficient (Wildman–Crippen LogP) is 5.00. The molecule has 5 nitrogen and oxygen atoms in total. The van der Waals surface area contributed by atoms with E-state index < -0.39 is 0 Å². The van der Waals surface area contributed by atoms with Crippen LogP contribution in [-0.4, -0.2) is 21.9 Å². The summed E-state index contributed by atoms with van der Waals surface area (Å²) in [6, 6.07) is 13.5. The van der Waals surface area contributed by atoms with Gasteiger partial charge in [0.15, 0.2) is 0 Å². The fraction of sp³-hybridized carbons (Fsp3) is 0.105. The summed E-state index contributed by atoms with van der Waals surface area (Å²) in [7, 11) is 0. The number of rotatable bonds is 7. The first-order valence-electron chi connectivity index (χ1n) is 8.27. The lowest BCUT2D eigenvalue weighted by atomic mass is 10.1. The summed E-state index contributed by atoms with van der Waals surface area (Å²) < 4.78 is 18.8. The largest absolute Gasteiger partial charge is 0.410 e. The molecule has 142 valence electrons. The second-order valence-electron chi connectivity index (χ2n) is 5.71. The van der Waals surface area contributed by atoms with E-state index in [0.717, 1.165) is 15.3 Å². The molecule has 4 aromatic rings. The van der Waals surface area contributed by atoms with Gasteiger partial charge in [0.1, 0.15) is 5.82 Å². The molecule has 0 bridgehead atoms. The van der Waals surface area contributed by atoms with Gasteiger partial charge in [-0.2, -0.15) is 0 Å². The highest BCUT2D eigenvalue weighted by Crippen LogP contribution is 2.28. The van der Waals surface area contributed by atoms with Gasteiger partial charge in [-0.05, 0) is 40.6 Å². The fourth-order valence-corrected chi connectivity index (χ4v) is 4.55. The van der Waals surface area contributed by atoms with E-state index in [0.29, 0.717) is 11.1 Å². The third kappa shape index (κ3) is 4.49. The first kappa shape index (κ1) is 18.9. The number of nitrogens with zero attached hydrogens (tertiary/aromatic N) is 2. The summed E-state index contributed by atoms with van der Waals surface area (Å²) in [5.74, 6) is 0.0904. The van der Waals surface area contributed by atoms with Gasteiger partial charge < -0.3 is 9.73 Å². The molecule has 28 heavy (non-hydrogen) atoms. The first-order valence-corrected chi connectivity index (χ1v) is 11.0. The minimum absolute atomic E-state index is 0.134. The molecule has 0 fully saturated rings. The summed E-state index contributed by atoms with van der Waals surface area (Å²) in [5, 5.41) is 15.2. The van der Waals surface area contributed by atoms with E-state index in [9.17, 15) is 9.18 Å². The van der Waals surface area contributed by atoms with Gasteiger partial charge in [-0.1, -0.05) is 36.0 Å². The fourth-order valence-electron chi connectivity index (χ4n) is 2.53. The minimum atomic E-state index is -0.335. The molecule has 1 N–H and O–H groups in total. The van der Waals surface area contributed by atoms with Crippen molar-refractivity contribution in [3.05, 3.63) is 75.5 Å². The van der Waals surface area contributed by atoms with Crippen molar-refractivity contribution in [1.82, 2.24) is 15.5 Å². The Kier molecular flexibility index (Phi) is 5.84. The number of carbonyl (C=O) groups is 1. The molecule has 0 radical (unpaired) electrons. The second kappa shape index (κ2) is 8.68. The van der Waals surface area contributed by atoms with Crippen molar-refractivity contribution in [2.75, 3.05) is 5.75 Å². The summed E-state index contributed by atoms with van der Waals surface area (Å²) in [6.07, 6.45) is 0. The molecule has 0 aliphatic rings. The topological polar surface area (TPSA) is 68.0 Å². The van der Waals surface area contributed by atoms with Crippen LogP contribution in [0, 0.1) is 5.82 Å². The van der Waals surface area contributed by atoms with Gasteiger partial charge in [-0.15, -0.1) is 32.9 Å². The van der Waals surface area contributed by atoms with Crippen molar-refractivity contribution < 1.29 is 13.6 Å². The van der Waals surface area contributed by atoms with Gasteiger partial charge in [0, 0.05) is 4.88 Å². The average Bonchev–Trinajstić information content (AvgIpc) is 3.47. The first-order chi connectivity index (χ1) is 13.7. The highest BCUT2D eigenvalue weighted by atomic mass is 32.2. The minimum Gasteiger partial charge on any atom is -0.410 e. The van der Waals surface area contributed by atoms with Crippen LogP contribution in [0.5, 0.6) is 0 Å². The van der Waals surface area contributed by atoms with Gasteiger partial charge in [-0.3, -0.25) is 4.79 Å². The number of aromatic nitrogens is 2. The molecule has 3 heterocycles. The molecule has 0 saturated heterocycles. The standard InChI is InChI=1S/C19H14FN3O2S3/c20-13-7-5-12(6-8-13)17(14-3-1-9-26-14)21-16(24)11-28-19-23-22-18(25-19)15-4-2-10-27-15/h1-10,17H,11H2,(H,21,24)/t17-/m1/s1. The number of thiophene rings is 2. The lowest BCUT2D eigenvalue weighted by Crippen LogP contribution is -2.30. The molecule has 0 spiro atoms. The number of hydrogen-bond donors (Lipinski definition) is 1. The molecule has 3 aromatic heterocycles. The van der Waals surface area contributed by atoms with Gasteiger partial charge in [0.25, 0.3) is 11.1 Å². The summed E-state index contributed by atoms with van der Waals surface area (Å²) in [4.78, 5) is 14.4. The van der Waals surface area contributed by atoms with Gasteiger partial charge in [0.05, 0.1) is 16.7 Å². The molecule has 0 saturated carbocycles. The zero-order valence-electron chi connectivity index (χ0n) is 14.4. The SMILES string of the molecule is O=C(CSc1nnc(-c2cccs2)o1)N[C@H](c1ccc(F)cc1)c1cccs1. The summed E-state index contributed by atoms with van der Waals surface area (Å²) in [6.45, 7) is 0. The van der Waals surface area contributed by atoms with Crippen LogP contribution >= 0.6 is 34.4 Å². The highest BCUT2D eigenvalue weighted by molar-refractivity contribution is 7.99. The van der Waals surface area contributed by atoms with E-state index in [1.54, 1.807) is 12.1 Å². The molecule has 0 aliphatic heterocycles. The average molecular weight is 432 g/mol. The van der Waals surface area contributed by atoms with E-state index in [1.165, 1.54) is 46.6 Å². The number of hydrogen-bond acceptors (Lipinski definition) is 7. The number of nitrogens with one attached hydrogen (secondary N) is 1. The Morgan fingerprint density at radius 2 is 1.89 bits per heavy atom. The van der Waals surface area contributed by atoms with Crippen LogP contribution in [0.4, 0.5) is 4.39 Å². The van der Waals surface area contributed by atoms with Crippen molar-refractivity contribution in [3.8, 4) is 10.8 Å². The molecule has 0 aliphatic carbocycles. The van der Waals surface area contributed by atoms with Crippen LogP contribution in [-0.2, 0) is 4.79 Å². The monoisotopic (exact) mass is 431 g/mol. The van der Waals surface area contributed by atoms with E-state index >= 15 is 0 Å². The van der Waals surface area contributed by atoms with Gasteiger partial charge in [0.2, 0.25) is 5.91 Å². The molecule has 1 amide bonds. The van der Waals surface area contributed by atoms with Crippen molar-refractivity contribution in [1.29, 1.82) is 0 Å². The Bertz CT molecular complexity index is 1030. The maximum Gasteiger partial charge on any atom is 0.277 e. The molecular formula is C19H14FN3O2S3. The zero-order chi connectivity index (χ0) is 19.3. The number of thioether (sulfide) groups is 1. The van der Waals surface area contributed by atoms with E-state index in [1.807, 2.05) is 35.0 Å². The van der Waals surface area contributed by atoms with Crippen molar-refractivity contribution >= 4 is 40.3 Å². The quantitative estimate of drug-likeness (QED) is 0.417. The van der Waals surface area contributed by atoms with Gasteiger partial charge >= 0.3 is 0 Å². The highest BCUT2D eigenvalue weighted by Gasteiger charge is 2.19. The van der Waals surface area contributed by atoms with E-state index in [2.05, 4.69) is 15.5 Å². The zero-order valence-corrected chi connectivity index (χ0v) is 16.8. The summed E-state index contributed by atoms with van der Waals surface area (Å²) in [5.41, 5.74) is 0.819. The Morgan fingerprint density at radius 1 is 1.11 bits per heavy atom. The Balaban J connectivity index is 1.41. The van der Waals surface area contributed by atoms with Gasteiger partial charge in [-0.25, -0.2) is 4.39 Å². The number of carbonyl (C=O) groups excluding carboxylic acids is 1. The Labute approximate surface area is 172 Å². The number of halogens is 1. The van der Waals surface area contributed by atoms with Crippen LogP contribution in [0.3, 0.4) is 0 Å². The summed E-state index contributed by atoms with van der Waals surface area (Å²) >= 11 is 4.22. The lowest BCUT2D eigenvalue weighted by molar-refractivity contribution is -0.119. The van der Waals surface area contributed by atoms with Crippen LogP contribution < -0.4 is 5.32 Å². The maximum atomic E-state index is 13.3. The molecule has 9 heteroatoms. The molecule has 4 rings (SSSR count). The van der Waals surface area contributed by atoms with E-state index in [-0.39, 0.29) is 23.5 Å². The third-order valence-electron chi connectivity index (χ3n) is 3.80.